The highest BCUT2D eigenvalue weighted by Crippen LogP contribution is 2.57. The van der Waals surface area contributed by atoms with Gasteiger partial charge in [0.25, 0.3) is 0 Å². The predicted octanol–water partition coefficient (Wildman–Crippen LogP) is 3.52. The summed E-state index contributed by atoms with van der Waals surface area (Å²) in [5.41, 5.74) is 0.584. The molecule has 1 nitrogen and oxygen atoms in total. The Hall–Kier alpha value is 0.250. The second-order valence-corrected chi connectivity index (χ2v) is 6.98. The molecule has 0 atom stereocenters. The molecule has 4 bridgehead atoms. The highest BCUT2D eigenvalue weighted by Gasteiger charge is 2.52. The molecule has 0 spiro atoms. The van der Waals surface area contributed by atoms with Crippen LogP contribution in [0.5, 0.6) is 0 Å². The molecule has 4 rings (SSSR count). The summed E-state index contributed by atoms with van der Waals surface area (Å²) in [7, 11) is 2.35. The fourth-order valence-corrected chi connectivity index (χ4v) is 5.19. The predicted molar refractivity (Wildman–Crippen MR) is 68.9 cm³/mol. The van der Waals surface area contributed by atoms with Crippen LogP contribution >= 0.6 is 11.6 Å². The highest BCUT2D eigenvalue weighted by atomic mass is 35.5. The molecule has 0 aromatic carbocycles. The molecule has 0 radical (unpaired) electrons. The lowest BCUT2D eigenvalue weighted by Crippen LogP contribution is -2.59. The SMILES string of the molecule is CN(CCCCl)C12CC3CC(CC(C3)C1)C2. The van der Waals surface area contributed by atoms with Crippen molar-refractivity contribution in [2.24, 2.45) is 17.8 Å². The van der Waals surface area contributed by atoms with Gasteiger partial charge in [-0.15, -0.1) is 11.6 Å². The van der Waals surface area contributed by atoms with Crippen LogP contribution < -0.4 is 0 Å². The molecule has 4 aliphatic rings. The normalized spacial score (nSPS) is 45.6. The Kier molecular flexibility index (Phi) is 2.96. The summed E-state index contributed by atoms with van der Waals surface area (Å²) in [4.78, 5) is 2.67. The van der Waals surface area contributed by atoms with Crippen LogP contribution in [0.4, 0.5) is 0 Å². The van der Waals surface area contributed by atoms with Gasteiger partial charge in [-0.2, -0.15) is 0 Å². The van der Waals surface area contributed by atoms with Crippen LogP contribution in [0.1, 0.15) is 44.9 Å². The third-order valence-electron chi connectivity index (χ3n) is 5.44. The van der Waals surface area contributed by atoms with E-state index in [-0.39, 0.29) is 0 Å². The molecule has 0 N–H and O–H groups in total. The van der Waals surface area contributed by atoms with E-state index in [0.717, 1.165) is 30.1 Å². The molecule has 0 aromatic rings. The molecule has 4 fully saturated rings. The number of hydrogen-bond donors (Lipinski definition) is 0. The van der Waals surface area contributed by atoms with Gasteiger partial charge in [0.1, 0.15) is 0 Å². The maximum absolute atomic E-state index is 5.83. The van der Waals surface area contributed by atoms with E-state index in [1.165, 1.54) is 25.8 Å². The average molecular weight is 242 g/mol. The van der Waals surface area contributed by atoms with Crippen molar-refractivity contribution in [2.75, 3.05) is 19.5 Å². The average Bonchev–Trinajstić information content (AvgIpc) is 2.24. The van der Waals surface area contributed by atoms with Gasteiger partial charge >= 0.3 is 0 Å². The summed E-state index contributed by atoms with van der Waals surface area (Å²) in [6, 6.07) is 0. The minimum absolute atomic E-state index is 0.584. The molecular formula is C14H24ClN. The Balaban J connectivity index is 1.72. The van der Waals surface area contributed by atoms with Crippen molar-refractivity contribution in [3.05, 3.63) is 0 Å². The van der Waals surface area contributed by atoms with Gasteiger partial charge in [-0.05, 0) is 76.3 Å². The summed E-state index contributed by atoms with van der Waals surface area (Å²) >= 11 is 5.83. The molecule has 0 saturated heterocycles. The lowest BCUT2D eigenvalue weighted by atomic mass is 9.52. The molecule has 0 amide bonds. The van der Waals surface area contributed by atoms with E-state index in [9.17, 15) is 0 Å². The van der Waals surface area contributed by atoms with Crippen LogP contribution in [-0.4, -0.2) is 29.9 Å². The smallest absolute Gasteiger partial charge is 0.0235 e. The van der Waals surface area contributed by atoms with Gasteiger partial charge in [-0.1, -0.05) is 0 Å². The maximum atomic E-state index is 5.83. The topological polar surface area (TPSA) is 3.24 Å². The Bertz CT molecular complexity index is 228. The van der Waals surface area contributed by atoms with Crippen LogP contribution in [0.3, 0.4) is 0 Å². The maximum Gasteiger partial charge on any atom is 0.0235 e. The number of rotatable bonds is 4. The minimum atomic E-state index is 0.584. The molecule has 0 heterocycles. The van der Waals surface area contributed by atoms with Crippen LogP contribution in [0.2, 0.25) is 0 Å². The second kappa shape index (κ2) is 4.17. The lowest BCUT2D eigenvalue weighted by molar-refractivity contribution is -0.0787. The van der Waals surface area contributed by atoms with Crippen molar-refractivity contribution >= 4 is 11.6 Å². The van der Waals surface area contributed by atoms with E-state index in [2.05, 4.69) is 11.9 Å². The number of hydrogen-bond acceptors (Lipinski definition) is 1. The van der Waals surface area contributed by atoms with Crippen LogP contribution in [0, 0.1) is 17.8 Å². The Morgan fingerprint density at radius 2 is 1.56 bits per heavy atom. The first-order valence-corrected chi connectivity index (χ1v) is 7.52. The van der Waals surface area contributed by atoms with Gasteiger partial charge in [0.15, 0.2) is 0 Å². The van der Waals surface area contributed by atoms with Crippen LogP contribution in [0.15, 0.2) is 0 Å². The third kappa shape index (κ3) is 1.80. The molecule has 0 aliphatic heterocycles. The Morgan fingerprint density at radius 3 is 2.00 bits per heavy atom. The monoisotopic (exact) mass is 241 g/mol. The molecule has 4 aliphatic carbocycles. The first kappa shape index (κ1) is 11.3. The number of alkyl halides is 1. The van der Waals surface area contributed by atoms with Crippen LogP contribution in [0.25, 0.3) is 0 Å². The standard InChI is InChI=1S/C14H24ClN/c1-16(4-2-3-15)14-8-11-5-12(9-14)7-13(6-11)10-14/h11-13H,2-10H2,1H3. The molecule has 4 saturated carbocycles. The molecule has 2 heteroatoms. The summed E-state index contributed by atoms with van der Waals surface area (Å²) in [5, 5.41) is 0. The summed E-state index contributed by atoms with van der Waals surface area (Å²) in [5.74, 6) is 4.00. The quantitative estimate of drug-likeness (QED) is 0.681. The van der Waals surface area contributed by atoms with Crippen molar-refractivity contribution in [3.63, 3.8) is 0 Å². The van der Waals surface area contributed by atoms with E-state index in [4.69, 9.17) is 11.6 Å². The fourth-order valence-electron chi connectivity index (χ4n) is 5.07. The van der Waals surface area contributed by atoms with Crippen LogP contribution in [-0.2, 0) is 0 Å². The largest absolute Gasteiger partial charge is 0.301 e. The lowest BCUT2D eigenvalue weighted by Gasteiger charge is -2.60. The molecule has 92 valence electrons. The Labute approximate surface area is 105 Å². The zero-order valence-corrected chi connectivity index (χ0v) is 11.2. The highest BCUT2D eigenvalue weighted by molar-refractivity contribution is 6.17. The summed E-state index contributed by atoms with van der Waals surface area (Å²) in [6.45, 7) is 1.20. The van der Waals surface area contributed by atoms with Crippen molar-refractivity contribution in [1.29, 1.82) is 0 Å². The first-order valence-electron chi connectivity index (χ1n) is 6.99. The Morgan fingerprint density at radius 1 is 1.06 bits per heavy atom. The van der Waals surface area contributed by atoms with Gasteiger partial charge in [-0.25, -0.2) is 0 Å². The second-order valence-electron chi connectivity index (χ2n) is 6.61. The van der Waals surface area contributed by atoms with E-state index in [1.807, 2.05) is 0 Å². The zero-order chi connectivity index (χ0) is 11.2. The van der Waals surface area contributed by atoms with E-state index in [1.54, 1.807) is 19.3 Å². The van der Waals surface area contributed by atoms with Crippen molar-refractivity contribution in [2.45, 2.75) is 50.5 Å². The third-order valence-corrected chi connectivity index (χ3v) is 5.71. The van der Waals surface area contributed by atoms with Crippen molar-refractivity contribution in [3.8, 4) is 0 Å². The van der Waals surface area contributed by atoms with Gasteiger partial charge < -0.3 is 4.90 Å². The van der Waals surface area contributed by atoms with E-state index < -0.39 is 0 Å². The molecule has 0 aromatic heterocycles. The molecule has 16 heavy (non-hydrogen) atoms. The summed E-state index contributed by atoms with van der Waals surface area (Å²) in [6.07, 6.45) is 10.2. The first-order chi connectivity index (χ1) is 7.72. The summed E-state index contributed by atoms with van der Waals surface area (Å²) < 4.78 is 0. The van der Waals surface area contributed by atoms with Gasteiger partial charge in [0.2, 0.25) is 0 Å². The number of halogens is 1. The van der Waals surface area contributed by atoms with Gasteiger partial charge in [0.05, 0.1) is 0 Å². The minimum Gasteiger partial charge on any atom is -0.301 e. The number of nitrogens with zero attached hydrogens (tertiary/aromatic N) is 1. The van der Waals surface area contributed by atoms with Crippen molar-refractivity contribution < 1.29 is 0 Å². The van der Waals surface area contributed by atoms with E-state index in [0.29, 0.717) is 5.54 Å². The van der Waals surface area contributed by atoms with Gasteiger partial charge in [0, 0.05) is 11.4 Å². The molecule has 0 unspecified atom stereocenters. The zero-order valence-electron chi connectivity index (χ0n) is 10.4. The van der Waals surface area contributed by atoms with E-state index >= 15 is 0 Å². The molecular weight excluding hydrogens is 218 g/mol. The fraction of sp³-hybridized carbons (Fsp3) is 1.00. The van der Waals surface area contributed by atoms with Gasteiger partial charge in [-0.3, -0.25) is 0 Å². The van der Waals surface area contributed by atoms with Crippen molar-refractivity contribution in [1.82, 2.24) is 4.90 Å².